The van der Waals surface area contributed by atoms with E-state index >= 15 is 0 Å². The van der Waals surface area contributed by atoms with Gasteiger partial charge >= 0.3 is 5.97 Å². The predicted molar refractivity (Wildman–Crippen MR) is 72.8 cm³/mol. The van der Waals surface area contributed by atoms with Gasteiger partial charge in [-0.25, -0.2) is 4.79 Å². The summed E-state index contributed by atoms with van der Waals surface area (Å²) in [6.45, 7) is 0. The SMILES string of the molecule is Nc1ccc(Cl)cc1C(=O)OC1CCCCCC1. The van der Waals surface area contributed by atoms with Gasteiger partial charge in [0.1, 0.15) is 6.10 Å². The second-order valence-electron chi connectivity index (χ2n) is 4.75. The summed E-state index contributed by atoms with van der Waals surface area (Å²) in [5.74, 6) is -0.359. The first-order valence-corrected chi connectivity index (χ1v) is 6.80. The number of hydrogen-bond acceptors (Lipinski definition) is 3. The maximum atomic E-state index is 12.0. The Bertz CT molecular complexity index is 426. The molecule has 4 heteroatoms. The first-order chi connectivity index (χ1) is 8.66. The van der Waals surface area contributed by atoms with E-state index in [2.05, 4.69) is 0 Å². The Labute approximate surface area is 112 Å². The van der Waals surface area contributed by atoms with E-state index in [-0.39, 0.29) is 12.1 Å². The molecule has 0 aliphatic heterocycles. The Morgan fingerprint density at radius 3 is 2.56 bits per heavy atom. The highest BCUT2D eigenvalue weighted by atomic mass is 35.5. The molecule has 0 unspecified atom stereocenters. The molecule has 18 heavy (non-hydrogen) atoms. The number of benzene rings is 1. The monoisotopic (exact) mass is 267 g/mol. The van der Waals surface area contributed by atoms with Gasteiger partial charge in [0.2, 0.25) is 0 Å². The molecule has 0 aromatic heterocycles. The van der Waals surface area contributed by atoms with Crippen molar-refractivity contribution in [1.29, 1.82) is 0 Å². The molecule has 1 saturated carbocycles. The Morgan fingerprint density at radius 2 is 1.89 bits per heavy atom. The number of nitrogen functional groups attached to an aromatic ring is 1. The highest BCUT2D eigenvalue weighted by Gasteiger charge is 2.19. The van der Waals surface area contributed by atoms with E-state index in [0.29, 0.717) is 16.3 Å². The van der Waals surface area contributed by atoms with E-state index in [1.165, 1.54) is 12.8 Å². The maximum absolute atomic E-state index is 12.0. The van der Waals surface area contributed by atoms with Crippen molar-refractivity contribution < 1.29 is 9.53 Å². The van der Waals surface area contributed by atoms with E-state index in [0.717, 1.165) is 25.7 Å². The molecule has 1 aliphatic rings. The van der Waals surface area contributed by atoms with Gasteiger partial charge in [-0.3, -0.25) is 0 Å². The van der Waals surface area contributed by atoms with Gasteiger partial charge in [0.25, 0.3) is 0 Å². The van der Waals surface area contributed by atoms with Gasteiger partial charge in [0.15, 0.2) is 0 Å². The van der Waals surface area contributed by atoms with Crippen LogP contribution in [0.25, 0.3) is 0 Å². The molecule has 2 N–H and O–H groups in total. The summed E-state index contributed by atoms with van der Waals surface area (Å²) in [5, 5.41) is 0.497. The average molecular weight is 268 g/mol. The molecule has 2 rings (SSSR count). The molecule has 1 aliphatic carbocycles. The number of ether oxygens (including phenoxy) is 1. The number of carbonyl (C=O) groups excluding carboxylic acids is 1. The highest BCUT2D eigenvalue weighted by molar-refractivity contribution is 6.31. The minimum Gasteiger partial charge on any atom is -0.459 e. The largest absolute Gasteiger partial charge is 0.459 e. The van der Waals surface area contributed by atoms with E-state index in [1.807, 2.05) is 0 Å². The number of hydrogen-bond donors (Lipinski definition) is 1. The molecule has 98 valence electrons. The first-order valence-electron chi connectivity index (χ1n) is 6.43. The molecule has 3 nitrogen and oxygen atoms in total. The first kappa shape index (κ1) is 13.2. The van der Waals surface area contributed by atoms with Crippen molar-refractivity contribution in [3.63, 3.8) is 0 Å². The summed E-state index contributed by atoms with van der Waals surface area (Å²) in [6, 6.07) is 4.86. The third-order valence-corrected chi connectivity index (χ3v) is 3.55. The summed E-state index contributed by atoms with van der Waals surface area (Å²) < 4.78 is 5.52. The third-order valence-electron chi connectivity index (χ3n) is 3.31. The Hall–Kier alpha value is -1.22. The summed E-state index contributed by atoms with van der Waals surface area (Å²) in [6.07, 6.45) is 6.64. The van der Waals surface area contributed by atoms with Crippen LogP contribution in [-0.2, 0) is 4.74 Å². The van der Waals surface area contributed by atoms with Gasteiger partial charge in [-0.15, -0.1) is 0 Å². The number of esters is 1. The van der Waals surface area contributed by atoms with Gasteiger partial charge in [-0.1, -0.05) is 24.4 Å². The minimum atomic E-state index is -0.359. The van der Waals surface area contributed by atoms with E-state index in [1.54, 1.807) is 18.2 Å². The Balaban J connectivity index is 2.04. The smallest absolute Gasteiger partial charge is 0.340 e. The zero-order chi connectivity index (χ0) is 13.0. The zero-order valence-electron chi connectivity index (χ0n) is 10.3. The minimum absolute atomic E-state index is 0.0263. The van der Waals surface area contributed by atoms with Crippen LogP contribution in [0.4, 0.5) is 5.69 Å². The molecule has 0 amide bonds. The maximum Gasteiger partial charge on any atom is 0.340 e. The van der Waals surface area contributed by atoms with Crippen molar-refractivity contribution in [2.75, 3.05) is 5.73 Å². The van der Waals surface area contributed by atoms with Gasteiger partial charge in [0, 0.05) is 10.7 Å². The number of carbonyl (C=O) groups is 1. The van der Waals surface area contributed by atoms with Gasteiger partial charge in [-0.2, -0.15) is 0 Å². The number of rotatable bonds is 2. The Morgan fingerprint density at radius 1 is 1.22 bits per heavy atom. The van der Waals surface area contributed by atoms with Crippen molar-refractivity contribution in [2.45, 2.75) is 44.6 Å². The molecule has 0 heterocycles. The lowest BCUT2D eigenvalue weighted by Gasteiger charge is -2.16. The molecule has 1 fully saturated rings. The van der Waals surface area contributed by atoms with Crippen LogP contribution in [0.5, 0.6) is 0 Å². The van der Waals surface area contributed by atoms with Gasteiger partial charge in [0.05, 0.1) is 5.56 Å². The van der Waals surface area contributed by atoms with Crippen LogP contribution in [0.2, 0.25) is 5.02 Å². The van der Waals surface area contributed by atoms with Crippen molar-refractivity contribution in [3.05, 3.63) is 28.8 Å². The summed E-state index contributed by atoms with van der Waals surface area (Å²) in [7, 11) is 0. The number of halogens is 1. The van der Waals surface area contributed by atoms with Crippen LogP contribution in [0.1, 0.15) is 48.9 Å². The third kappa shape index (κ3) is 3.39. The van der Waals surface area contributed by atoms with Crippen LogP contribution in [0.15, 0.2) is 18.2 Å². The van der Waals surface area contributed by atoms with Crippen LogP contribution in [-0.4, -0.2) is 12.1 Å². The fourth-order valence-corrected chi connectivity index (χ4v) is 2.45. The quantitative estimate of drug-likeness (QED) is 0.504. The second kappa shape index (κ2) is 6.10. The second-order valence-corrected chi connectivity index (χ2v) is 5.19. The molecule has 0 spiro atoms. The normalized spacial score (nSPS) is 17.2. The molecular formula is C14H18ClNO2. The standard InChI is InChI=1S/C14H18ClNO2/c15-10-7-8-13(16)12(9-10)14(17)18-11-5-3-1-2-4-6-11/h7-9,11H,1-6,16H2. The number of anilines is 1. The molecule has 0 saturated heterocycles. The lowest BCUT2D eigenvalue weighted by molar-refractivity contribution is 0.0268. The lowest BCUT2D eigenvalue weighted by Crippen LogP contribution is -2.18. The van der Waals surface area contributed by atoms with Crippen molar-refractivity contribution >= 4 is 23.3 Å². The molecular weight excluding hydrogens is 250 g/mol. The van der Waals surface area contributed by atoms with Crippen molar-refractivity contribution in [3.8, 4) is 0 Å². The van der Waals surface area contributed by atoms with Crippen molar-refractivity contribution in [1.82, 2.24) is 0 Å². The number of nitrogens with two attached hydrogens (primary N) is 1. The van der Waals surface area contributed by atoms with Gasteiger partial charge < -0.3 is 10.5 Å². The van der Waals surface area contributed by atoms with Gasteiger partial charge in [-0.05, 0) is 43.9 Å². The van der Waals surface area contributed by atoms with Crippen LogP contribution < -0.4 is 5.73 Å². The van der Waals surface area contributed by atoms with Crippen LogP contribution in [0.3, 0.4) is 0 Å². The van der Waals surface area contributed by atoms with Crippen molar-refractivity contribution in [2.24, 2.45) is 0 Å². The lowest BCUT2D eigenvalue weighted by atomic mass is 10.1. The fourth-order valence-electron chi connectivity index (χ4n) is 2.28. The van der Waals surface area contributed by atoms with E-state index < -0.39 is 0 Å². The van der Waals surface area contributed by atoms with Crippen LogP contribution >= 0.6 is 11.6 Å². The summed E-state index contributed by atoms with van der Waals surface area (Å²) in [4.78, 5) is 12.0. The Kier molecular flexibility index (Phi) is 4.48. The fraction of sp³-hybridized carbons (Fsp3) is 0.500. The molecule has 0 bridgehead atoms. The molecule has 0 atom stereocenters. The zero-order valence-corrected chi connectivity index (χ0v) is 11.1. The molecule has 0 radical (unpaired) electrons. The van der Waals surface area contributed by atoms with E-state index in [4.69, 9.17) is 22.1 Å². The molecule has 1 aromatic carbocycles. The topological polar surface area (TPSA) is 52.3 Å². The molecule has 1 aromatic rings. The van der Waals surface area contributed by atoms with Crippen LogP contribution in [0, 0.1) is 0 Å². The van der Waals surface area contributed by atoms with E-state index in [9.17, 15) is 4.79 Å². The summed E-state index contributed by atoms with van der Waals surface area (Å²) >= 11 is 5.87. The predicted octanol–water partition coefficient (Wildman–Crippen LogP) is 3.80. The average Bonchev–Trinajstić information content (AvgIpc) is 2.61. The summed E-state index contributed by atoms with van der Waals surface area (Å²) in [5.41, 5.74) is 6.55. The highest BCUT2D eigenvalue weighted by Crippen LogP contribution is 2.23.